The second kappa shape index (κ2) is 7.27. The third-order valence-electron chi connectivity index (χ3n) is 4.57. The Morgan fingerprint density at radius 3 is 2.50 bits per heavy atom. The predicted octanol–water partition coefficient (Wildman–Crippen LogP) is 1.06. The molecule has 116 valence electrons. The summed E-state index contributed by atoms with van der Waals surface area (Å²) in [5.41, 5.74) is 0. The standard InChI is InChI=1S/C15H30N4O/c1-17(2)15(20)19-9-6-14(7-10-19)16-11-13-5-4-8-18(3)12-13/h13-14,16H,4-12H2,1-3H3. The Morgan fingerprint density at radius 2 is 1.90 bits per heavy atom. The molecule has 1 N–H and O–H groups in total. The van der Waals surface area contributed by atoms with Crippen molar-refractivity contribution in [1.29, 1.82) is 0 Å². The number of nitrogens with one attached hydrogen (secondary N) is 1. The number of carbonyl (C=O) groups is 1. The molecule has 0 aromatic rings. The van der Waals surface area contributed by atoms with Gasteiger partial charge in [0.25, 0.3) is 0 Å². The van der Waals surface area contributed by atoms with Gasteiger partial charge in [0.05, 0.1) is 0 Å². The SMILES string of the molecule is CN1CCCC(CNC2CCN(C(=O)N(C)C)CC2)C1. The number of hydrogen-bond acceptors (Lipinski definition) is 3. The Hall–Kier alpha value is -0.810. The highest BCUT2D eigenvalue weighted by molar-refractivity contribution is 5.73. The summed E-state index contributed by atoms with van der Waals surface area (Å²) in [4.78, 5) is 17.9. The molecule has 0 aromatic heterocycles. The number of hydrogen-bond donors (Lipinski definition) is 1. The lowest BCUT2D eigenvalue weighted by Gasteiger charge is -2.35. The minimum Gasteiger partial charge on any atom is -0.331 e. The van der Waals surface area contributed by atoms with E-state index in [9.17, 15) is 4.79 Å². The molecular weight excluding hydrogens is 252 g/mol. The summed E-state index contributed by atoms with van der Waals surface area (Å²) in [7, 11) is 5.87. The number of piperidine rings is 2. The van der Waals surface area contributed by atoms with Gasteiger partial charge in [-0.2, -0.15) is 0 Å². The lowest BCUT2D eigenvalue weighted by atomic mass is 9.97. The Morgan fingerprint density at radius 1 is 1.20 bits per heavy atom. The number of rotatable bonds is 3. The van der Waals surface area contributed by atoms with Gasteiger partial charge in [0.2, 0.25) is 0 Å². The Balaban J connectivity index is 1.65. The third kappa shape index (κ3) is 4.35. The molecule has 0 spiro atoms. The number of nitrogens with zero attached hydrogens (tertiary/aromatic N) is 3. The van der Waals surface area contributed by atoms with Crippen LogP contribution in [0.4, 0.5) is 4.79 Å². The van der Waals surface area contributed by atoms with Gasteiger partial charge in [0.15, 0.2) is 0 Å². The summed E-state index contributed by atoms with van der Waals surface area (Å²) in [6, 6.07) is 0.741. The maximum Gasteiger partial charge on any atom is 0.319 e. The summed E-state index contributed by atoms with van der Waals surface area (Å²) in [6.07, 6.45) is 4.86. The molecule has 2 fully saturated rings. The van der Waals surface area contributed by atoms with Crippen LogP contribution in [0.3, 0.4) is 0 Å². The van der Waals surface area contributed by atoms with Crippen LogP contribution >= 0.6 is 0 Å². The molecule has 0 aliphatic carbocycles. The fourth-order valence-corrected chi connectivity index (χ4v) is 3.33. The minimum atomic E-state index is 0.150. The van der Waals surface area contributed by atoms with Crippen molar-refractivity contribution in [2.24, 2.45) is 5.92 Å². The van der Waals surface area contributed by atoms with E-state index in [0.29, 0.717) is 6.04 Å². The Labute approximate surface area is 123 Å². The first-order valence-electron chi connectivity index (χ1n) is 7.94. The first-order valence-corrected chi connectivity index (χ1v) is 7.94. The van der Waals surface area contributed by atoms with Gasteiger partial charge in [-0.05, 0) is 51.7 Å². The van der Waals surface area contributed by atoms with Crippen molar-refractivity contribution in [2.75, 3.05) is 53.9 Å². The van der Waals surface area contributed by atoms with Crippen LogP contribution < -0.4 is 5.32 Å². The van der Waals surface area contributed by atoms with E-state index < -0.39 is 0 Å². The van der Waals surface area contributed by atoms with Gasteiger partial charge in [-0.15, -0.1) is 0 Å². The smallest absolute Gasteiger partial charge is 0.319 e. The average molecular weight is 282 g/mol. The summed E-state index contributed by atoms with van der Waals surface area (Å²) in [5.74, 6) is 0.801. The third-order valence-corrected chi connectivity index (χ3v) is 4.57. The summed E-state index contributed by atoms with van der Waals surface area (Å²) in [5, 5.41) is 3.72. The monoisotopic (exact) mass is 282 g/mol. The van der Waals surface area contributed by atoms with E-state index in [0.717, 1.165) is 38.4 Å². The van der Waals surface area contributed by atoms with E-state index in [-0.39, 0.29) is 6.03 Å². The first-order chi connectivity index (χ1) is 9.56. The molecule has 2 rings (SSSR count). The number of carbonyl (C=O) groups excluding carboxylic acids is 1. The molecule has 5 nitrogen and oxygen atoms in total. The van der Waals surface area contributed by atoms with E-state index in [1.165, 1.54) is 25.9 Å². The van der Waals surface area contributed by atoms with Crippen LogP contribution in [0.2, 0.25) is 0 Å². The Bertz CT molecular complexity index is 313. The molecule has 0 radical (unpaired) electrons. The molecule has 0 saturated carbocycles. The highest BCUT2D eigenvalue weighted by atomic mass is 16.2. The van der Waals surface area contributed by atoms with Gasteiger partial charge in [-0.25, -0.2) is 4.79 Å². The van der Waals surface area contributed by atoms with Crippen LogP contribution in [-0.2, 0) is 0 Å². The molecular formula is C15H30N4O. The largest absolute Gasteiger partial charge is 0.331 e. The molecule has 2 saturated heterocycles. The predicted molar refractivity (Wildman–Crippen MR) is 81.9 cm³/mol. The summed E-state index contributed by atoms with van der Waals surface area (Å²) < 4.78 is 0. The molecule has 2 aliphatic heterocycles. The summed E-state index contributed by atoms with van der Waals surface area (Å²) in [6.45, 7) is 5.39. The van der Waals surface area contributed by atoms with Crippen LogP contribution in [0.5, 0.6) is 0 Å². The van der Waals surface area contributed by atoms with Crippen LogP contribution in [-0.4, -0.2) is 80.6 Å². The highest BCUT2D eigenvalue weighted by Gasteiger charge is 2.24. The van der Waals surface area contributed by atoms with Gasteiger partial charge in [0.1, 0.15) is 0 Å². The van der Waals surface area contributed by atoms with Crippen LogP contribution in [0, 0.1) is 5.92 Å². The zero-order valence-corrected chi connectivity index (χ0v) is 13.3. The van der Waals surface area contributed by atoms with Gasteiger partial charge in [-0.1, -0.05) is 0 Å². The zero-order chi connectivity index (χ0) is 14.5. The molecule has 2 aliphatic rings. The van der Waals surface area contributed by atoms with Crippen molar-refractivity contribution >= 4 is 6.03 Å². The second-order valence-corrected chi connectivity index (χ2v) is 6.62. The molecule has 1 unspecified atom stereocenters. The highest BCUT2D eigenvalue weighted by Crippen LogP contribution is 2.16. The van der Waals surface area contributed by atoms with E-state index in [1.54, 1.807) is 4.90 Å². The lowest BCUT2D eigenvalue weighted by Crippen LogP contribution is -2.49. The maximum absolute atomic E-state index is 11.9. The molecule has 20 heavy (non-hydrogen) atoms. The van der Waals surface area contributed by atoms with E-state index in [2.05, 4.69) is 17.3 Å². The quantitative estimate of drug-likeness (QED) is 0.841. The topological polar surface area (TPSA) is 38.8 Å². The molecule has 0 aromatic carbocycles. The fourth-order valence-electron chi connectivity index (χ4n) is 3.33. The van der Waals surface area contributed by atoms with Gasteiger partial charge in [-0.3, -0.25) is 0 Å². The molecule has 1 atom stereocenters. The van der Waals surface area contributed by atoms with Crippen LogP contribution in [0.25, 0.3) is 0 Å². The number of amides is 2. The minimum absolute atomic E-state index is 0.150. The molecule has 5 heteroatoms. The second-order valence-electron chi connectivity index (χ2n) is 6.62. The van der Waals surface area contributed by atoms with Crippen molar-refractivity contribution < 1.29 is 4.79 Å². The van der Waals surface area contributed by atoms with Crippen molar-refractivity contribution in [2.45, 2.75) is 31.7 Å². The van der Waals surface area contributed by atoms with E-state index >= 15 is 0 Å². The van der Waals surface area contributed by atoms with Gasteiger partial charge >= 0.3 is 6.03 Å². The molecule has 2 heterocycles. The van der Waals surface area contributed by atoms with Crippen molar-refractivity contribution in [3.8, 4) is 0 Å². The fraction of sp³-hybridized carbons (Fsp3) is 0.933. The van der Waals surface area contributed by atoms with Crippen molar-refractivity contribution in [1.82, 2.24) is 20.0 Å². The van der Waals surface area contributed by atoms with Crippen LogP contribution in [0.1, 0.15) is 25.7 Å². The molecule has 0 bridgehead atoms. The van der Waals surface area contributed by atoms with Crippen LogP contribution in [0.15, 0.2) is 0 Å². The average Bonchev–Trinajstić information content (AvgIpc) is 2.45. The summed E-state index contributed by atoms with van der Waals surface area (Å²) >= 11 is 0. The molecule has 2 amide bonds. The van der Waals surface area contributed by atoms with E-state index in [4.69, 9.17) is 0 Å². The van der Waals surface area contributed by atoms with E-state index in [1.807, 2.05) is 19.0 Å². The number of likely N-dealkylation sites (tertiary alicyclic amines) is 2. The van der Waals surface area contributed by atoms with Gasteiger partial charge in [0, 0.05) is 39.8 Å². The van der Waals surface area contributed by atoms with Crippen molar-refractivity contribution in [3.05, 3.63) is 0 Å². The maximum atomic E-state index is 11.9. The number of urea groups is 1. The van der Waals surface area contributed by atoms with Gasteiger partial charge < -0.3 is 20.0 Å². The zero-order valence-electron chi connectivity index (χ0n) is 13.3. The Kier molecular flexibility index (Phi) is 5.66. The first kappa shape index (κ1) is 15.6. The lowest BCUT2D eigenvalue weighted by molar-refractivity contribution is 0.148. The van der Waals surface area contributed by atoms with Crippen molar-refractivity contribution in [3.63, 3.8) is 0 Å². The normalized spacial score (nSPS) is 25.8.